The lowest BCUT2D eigenvalue weighted by atomic mass is 10.2. The van der Waals surface area contributed by atoms with E-state index in [-0.39, 0.29) is 5.56 Å². The number of nitrogens with one attached hydrogen (secondary N) is 1. The summed E-state index contributed by atoms with van der Waals surface area (Å²) in [7, 11) is 0. The van der Waals surface area contributed by atoms with Crippen LogP contribution < -0.4 is 5.32 Å². The van der Waals surface area contributed by atoms with Gasteiger partial charge in [-0.15, -0.1) is 0 Å². The van der Waals surface area contributed by atoms with Crippen molar-refractivity contribution in [3.8, 4) is 0 Å². The number of nitrogens with zero attached hydrogens (tertiary/aromatic N) is 3. The quantitative estimate of drug-likeness (QED) is 0.806. The zero-order valence-electron chi connectivity index (χ0n) is 9.08. The Kier molecular flexibility index (Phi) is 3.34. The number of hydrogen-bond acceptors (Lipinski definition) is 4. The molecule has 2 aromatic heterocycles. The molecule has 0 aliphatic rings. The van der Waals surface area contributed by atoms with Gasteiger partial charge in [0, 0.05) is 25.1 Å². The van der Waals surface area contributed by atoms with Gasteiger partial charge in [0.15, 0.2) is 0 Å². The lowest BCUT2D eigenvalue weighted by Crippen LogP contribution is -2.13. The van der Waals surface area contributed by atoms with Crippen LogP contribution in [0.15, 0.2) is 36.9 Å². The maximum atomic E-state index is 10.9. The van der Waals surface area contributed by atoms with Gasteiger partial charge in [-0.3, -0.25) is 9.67 Å². The van der Waals surface area contributed by atoms with E-state index in [1.54, 1.807) is 10.9 Å². The Labute approximate surface area is 97.9 Å². The molecule has 0 unspecified atom stereocenters. The largest absolute Gasteiger partial charge is 0.478 e. The molecule has 88 valence electrons. The summed E-state index contributed by atoms with van der Waals surface area (Å²) in [5.41, 5.74) is 0.743. The van der Waals surface area contributed by atoms with E-state index >= 15 is 0 Å². The number of carbonyl (C=O) groups is 1. The molecule has 0 aliphatic heterocycles. The molecule has 0 saturated carbocycles. The summed E-state index contributed by atoms with van der Waals surface area (Å²) in [6.45, 7) is 1.26. The van der Waals surface area contributed by atoms with Crippen molar-refractivity contribution in [3.63, 3.8) is 0 Å². The first-order valence-electron chi connectivity index (χ1n) is 5.16. The average Bonchev–Trinajstić information content (AvgIpc) is 2.82. The van der Waals surface area contributed by atoms with E-state index < -0.39 is 5.97 Å². The standard InChI is InChI=1S/C11H12N4O2/c16-11(17)9-2-4-12-8-10(9)13-5-7-15-6-1-3-14-15/h1-4,6,8,13H,5,7H2,(H,16,17). The molecule has 2 heterocycles. The summed E-state index contributed by atoms with van der Waals surface area (Å²) in [5, 5.41) is 16.0. The highest BCUT2D eigenvalue weighted by molar-refractivity contribution is 5.93. The first-order chi connectivity index (χ1) is 8.27. The van der Waals surface area contributed by atoms with E-state index in [1.807, 2.05) is 12.3 Å². The predicted molar refractivity (Wildman–Crippen MR) is 61.9 cm³/mol. The summed E-state index contributed by atoms with van der Waals surface area (Å²) in [6.07, 6.45) is 6.52. The van der Waals surface area contributed by atoms with E-state index in [0.717, 1.165) is 0 Å². The fraction of sp³-hybridized carbons (Fsp3) is 0.182. The van der Waals surface area contributed by atoms with Gasteiger partial charge in [-0.05, 0) is 12.1 Å². The van der Waals surface area contributed by atoms with Crippen LogP contribution in [0, 0.1) is 0 Å². The summed E-state index contributed by atoms with van der Waals surface area (Å²) >= 11 is 0. The van der Waals surface area contributed by atoms with Gasteiger partial charge >= 0.3 is 5.97 Å². The minimum atomic E-state index is -0.964. The molecule has 2 aromatic rings. The van der Waals surface area contributed by atoms with Gasteiger partial charge in [0.1, 0.15) is 0 Å². The number of carboxylic acids is 1. The topological polar surface area (TPSA) is 80.0 Å². The second kappa shape index (κ2) is 5.11. The van der Waals surface area contributed by atoms with E-state index in [4.69, 9.17) is 5.11 Å². The lowest BCUT2D eigenvalue weighted by molar-refractivity contribution is 0.0698. The fourth-order valence-electron chi connectivity index (χ4n) is 1.46. The van der Waals surface area contributed by atoms with Crippen molar-refractivity contribution in [2.75, 3.05) is 11.9 Å². The zero-order valence-corrected chi connectivity index (χ0v) is 9.08. The second-order valence-electron chi connectivity index (χ2n) is 3.42. The Balaban J connectivity index is 1.97. The third-order valence-corrected chi connectivity index (χ3v) is 2.27. The minimum absolute atomic E-state index is 0.223. The predicted octanol–water partition coefficient (Wildman–Crippen LogP) is 1.09. The average molecular weight is 232 g/mol. The summed E-state index contributed by atoms with van der Waals surface area (Å²) in [6, 6.07) is 3.31. The normalized spacial score (nSPS) is 10.1. The number of pyridine rings is 1. The summed E-state index contributed by atoms with van der Waals surface area (Å²) in [4.78, 5) is 14.8. The van der Waals surface area contributed by atoms with Gasteiger partial charge in [0.2, 0.25) is 0 Å². The monoisotopic (exact) mass is 232 g/mol. The molecule has 0 atom stereocenters. The third kappa shape index (κ3) is 2.81. The van der Waals surface area contributed by atoms with Crippen molar-refractivity contribution in [3.05, 3.63) is 42.5 Å². The van der Waals surface area contributed by atoms with Crippen LogP contribution in [0.1, 0.15) is 10.4 Å². The molecule has 2 N–H and O–H groups in total. The molecule has 0 spiro atoms. The van der Waals surface area contributed by atoms with Crippen molar-refractivity contribution < 1.29 is 9.90 Å². The van der Waals surface area contributed by atoms with Crippen molar-refractivity contribution in [1.29, 1.82) is 0 Å². The van der Waals surface area contributed by atoms with E-state index in [9.17, 15) is 4.79 Å². The van der Waals surface area contributed by atoms with E-state index in [1.165, 1.54) is 18.5 Å². The Bertz CT molecular complexity index is 496. The second-order valence-corrected chi connectivity index (χ2v) is 3.42. The van der Waals surface area contributed by atoms with Gasteiger partial charge in [-0.2, -0.15) is 5.10 Å². The number of rotatable bonds is 5. The first kappa shape index (κ1) is 11.1. The van der Waals surface area contributed by atoms with Crippen molar-refractivity contribution in [2.45, 2.75) is 6.54 Å². The van der Waals surface area contributed by atoms with Gasteiger partial charge < -0.3 is 10.4 Å². The number of aromatic nitrogens is 3. The molecular weight excluding hydrogens is 220 g/mol. The Morgan fingerprint density at radius 3 is 3.06 bits per heavy atom. The molecule has 6 heteroatoms. The van der Waals surface area contributed by atoms with Gasteiger partial charge in [0.25, 0.3) is 0 Å². The van der Waals surface area contributed by atoms with Crippen LogP contribution >= 0.6 is 0 Å². The van der Waals surface area contributed by atoms with Crippen molar-refractivity contribution >= 4 is 11.7 Å². The van der Waals surface area contributed by atoms with Crippen LogP contribution in [0.3, 0.4) is 0 Å². The molecule has 0 bridgehead atoms. The van der Waals surface area contributed by atoms with E-state index in [2.05, 4.69) is 15.4 Å². The third-order valence-electron chi connectivity index (χ3n) is 2.27. The highest BCUT2D eigenvalue weighted by Crippen LogP contribution is 2.12. The molecule has 0 aromatic carbocycles. The van der Waals surface area contributed by atoms with Crippen LogP contribution in [0.4, 0.5) is 5.69 Å². The van der Waals surface area contributed by atoms with Crippen molar-refractivity contribution in [2.24, 2.45) is 0 Å². The van der Waals surface area contributed by atoms with Crippen LogP contribution in [0.5, 0.6) is 0 Å². The minimum Gasteiger partial charge on any atom is -0.478 e. The SMILES string of the molecule is O=C(O)c1ccncc1NCCn1cccn1. The van der Waals surface area contributed by atoms with E-state index in [0.29, 0.717) is 18.8 Å². The fourth-order valence-corrected chi connectivity index (χ4v) is 1.46. The molecule has 2 rings (SSSR count). The van der Waals surface area contributed by atoms with Gasteiger partial charge in [-0.1, -0.05) is 0 Å². The highest BCUT2D eigenvalue weighted by Gasteiger charge is 2.08. The molecule has 0 saturated heterocycles. The van der Waals surface area contributed by atoms with Crippen LogP contribution in [-0.4, -0.2) is 32.4 Å². The maximum Gasteiger partial charge on any atom is 0.337 e. The first-order valence-corrected chi connectivity index (χ1v) is 5.16. The van der Waals surface area contributed by atoms with Gasteiger partial charge in [-0.25, -0.2) is 4.79 Å². The number of carboxylic acid groups (broad SMARTS) is 1. The summed E-state index contributed by atoms with van der Waals surface area (Å²) in [5.74, 6) is -0.964. The molecule has 0 radical (unpaired) electrons. The Morgan fingerprint density at radius 1 is 1.47 bits per heavy atom. The number of aromatic carboxylic acids is 1. The lowest BCUT2D eigenvalue weighted by Gasteiger charge is -2.08. The van der Waals surface area contributed by atoms with Crippen molar-refractivity contribution in [1.82, 2.24) is 14.8 Å². The smallest absolute Gasteiger partial charge is 0.337 e. The van der Waals surface area contributed by atoms with Crippen LogP contribution in [0.25, 0.3) is 0 Å². The molecule has 0 aliphatic carbocycles. The van der Waals surface area contributed by atoms with Crippen LogP contribution in [-0.2, 0) is 6.54 Å². The zero-order chi connectivity index (χ0) is 12.1. The number of anilines is 1. The van der Waals surface area contributed by atoms with Gasteiger partial charge in [0.05, 0.1) is 24.0 Å². The number of hydrogen-bond donors (Lipinski definition) is 2. The Hall–Kier alpha value is -2.37. The molecule has 17 heavy (non-hydrogen) atoms. The molecule has 0 amide bonds. The maximum absolute atomic E-state index is 10.9. The Morgan fingerprint density at radius 2 is 2.35 bits per heavy atom. The molecular formula is C11H12N4O2. The summed E-state index contributed by atoms with van der Waals surface area (Å²) < 4.78 is 1.77. The molecule has 0 fully saturated rings. The highest BCUT2D eigenvalue weighted by atomic mass is 16.4. The van der Waals surface area contributed by atoms with Crippen LogP contribution in [0.2, 0.25) is 0 Å². The molecule has 6 nitrogen and oxygen atoms in total.